The highest BCUT2D eigenvalue weighted by atomic mass is 32.1. The molecule has 0 aliphatic heterocycles. The third-order valence-corrected chi connectivity index (χ3v) is 5.05. The minimum absolute atomic E-state index is 0.0233. The van der Waals surface area contributed by atoms with E-state index in [4.69, 9.17) is 0 Å². The third-order valence-electron chi connectivity index (χ3n) is 4.17. The molecule has 0 spiro atoms. The second-order valence-electron chi connectivity index (χ2n) is 6.00. The summed E-state index contributed by atoms with van der Waals surface area (Å²) in [4.78, 5) is 21.9. The van der Waals surface area contributed by atoms with Crippen molar-refractivity contribution in [3.8, 4) is 0 Å². The van der Waals surface area contributed by atoms with Gasteiger partial charge >= 0.3 is 0 Å². The first-order chi connectivity index (χ1) is 13.7. The van der Waals surface area contributed by atoms with E-state index in [2.05, 4.69) is 31.8 Å². The Morgan fingerprint density at radius 3 is 2.89 bits per heavy atom. The molecule has 7 nitrogen and oxygen atoms in total. The number of nitrogens with one attached hydrogen (secondary N) is 2. The van der Waals surface area contributed by atoms with E-state index in [-0.39, 0.29) is 5.56 Å². The summed E-state index contributed by atoms with van der Waals surface area (Å²) in [7, 11) is 0. The molecule has 0 saturated heterocycles. The van der Waals surface area contributed by atoms with Gasteiger partial charge in [-0.05, 0) is 23.6 Å². The first-order valence-corrected chi connectivity index (χ1v) is 9.56. The Morgan fingerprint density at radius 1 is 1.18 bits per heavy atom. The summed E-state index contributed by atoms with van der Waals surface area (Å²) >= 11 is 1.67. The van der Waals surface area contributed by atoms with Gasteiger partial charge in [0.1, 0.15) is 18.0 Å². The van der Waals surface area contributed by atoms with Crippen LogP contribution in [0.2, 0.25) is 0 Å². The monoisotopic (exact) mass is 396 g/mol. The molecule has 0 fully saturated rings. The summed E-state index contributed by atoms with van der Waals surface area (Å²) in [5.41, 5.74) is 0.694. The first-order valence-electron chi connectivity index (χ1n) is 8.68. The van der Waals surface area contributed by atoms with Crippen molar-refractivity contribution in [2.75, 3.05) is 11.9 Å². The standard InChI is InChI=1S/C19H17FN6OS/c20-16-6-2-1-5-14(16)19(27)21-7-8-26-18-15(11-25-26)17(23-12-24-18)22-10-13-4-3-9-28-13/h1-6,9,11-12H,7-8,10H2,(H,21,27)(H,22,23,24). The van der Waals surface area contributed by atoms with E-state index in [9.17, 15) is 9.18 Å². The lowest BCUT2D eigenvalue weighted by atomic mass is 10.2. The number of halogens is 1. The molecule has 3 heterocycles. The molecule has 0 aliphatic rings. The molecule has 9 heteroatoms. The molecule has 2 N–H and O–H groups in total. The molecule has 0 unspecified atom stereocenters. The Hall–Kier alpha value is -3.33. The molecule has 1 aromatic carbocycles. The van der Waals surface area contributed by atoms with Crippen molar-refractivity contribution in [1.29, 1.82) is 0 Å². The summed E-state index contributed by atoms with van der Waals surface area (Å²) in [6.45, 7) is 1.38. The van der Waals surface area contributed by atoms with E-state index in [1.165, 1.54) is 23.3 Å². The highest BCUT2D eigenvalue weighted by Gasteiger charge is 2.12. The van der Waals surface area contributed by atoms with Crippen molar-refractivity contribution in [2.24, 2.45) is 0 Å². The summed E-state index contributed by atoms with van der Waals surface area (Å²) < 4.78 is 15.4. The van der Waals surface area contributed by atoms with Crippen LogP contribution in [0.15, 0.2) is 54.3 Å². The van der Waals surface area contributed by atoms with Crippen LogP contribution in [0.4, 0.5) is 10.2 Å². The van der Waals surface area contributed by atoms with E-state index in [0.29, 0.717) is 31.1 Å². The molecule has 142 valence electrons. The van der Waals surface area contributed by atoms with Crippen molar-refractivity contribution in [2.45, 2.75) is 13.1 Å². The van der Waals surface area contributed by atoms with Crippen LogP contribution in [0.25, 0.3) is 11.0 Å². The molecule has 0 bridgehead atoms. The van der Waals surface area contributed by atoms with Crippen LogP contribution in [0.3, 0.4) is 0 Å². The predicted octanol–water partition coefficient (Wildman–Crippen LogP) is 3.07. The number of thiophene rings is 1. The maximum Gasteiger partial charge on any atom is 0.254 e. The van der Waals surface area contributed by atoms with Crippen LogP contribution in [-0.4, -0.2) is 32.2 Å². The van der Waals surface area contributed by atoms with Crippen LogP contribution in [0.5, 0.6) is 0 Å². The number of rotatable bonds is 7. The maximum atomic E-state index is 13.7. The van der Waals surface area contributed by atoms with Crippen molar-refractivity contribution >= 4 is 34.1 Å². The second-order valence-corrected chi connectivity index (χ2v) is 7.03. The van der Waals surface area contributed by atoms with Gasteiger partial charge in [0.15, 0.2) is 5.65 Å². The Morgan fingerprint density at radius 2 is 2.07 bits per heavy atom. The number of amides is 1. The Kier molecular flexibility index (Phi) is 5.24. The van der Waals surface area contributed by atoms with E-state index < -0.39 is 11.7 Å². The molecular formula is C19H17FN6OS. The molecule has 28 heavy (non-hydrogen) atoms. The number of carbonyl (C=O) groups excluding carboxylic acids is 1. The smallest absolute Gasteiger partial charge is 0.254 e. The largest absolute Gasteiger partial charge is 0.364 e. The molecule has 0 atom stereocenters. The van der Waals surface area contributed by atoms with E-state index in [0.717, 1.165) is 5.39 Å². The lowest BCUT2D eigenvalue weighted by Crippen LogP contribution is -2.28. The molecule has 4 aromatic rings. The highest BCUT2D eigenvalue weighted by Crippen LogP contribution is 2.20. The van der Waals surface area contributed by atoms with Gasteiger partial charge in [0.05, 0.1) is 30.2 Å². The number of anilines is 1. The van der Waals surface area contributed by atoms with Crippen molar-refractivity contribution in [1.82, 2.24) is 25.1 Å². The highest BCUT2D eigenvalue weighted by molar-refractivity contribution is 7.09. The molecule has 0 saturated carbocycles. The number of hydrogen-bond acceptors (Lipinski definition) is 6. The normalized spacial score (nSPS) is 10.9. The van der Waals surface area contributed by atoms with Crippen molar-refractivity contribution < 1.29 is 9.18 Å². The molecule has 0 radical (unpaired) electrons. The van der Waals surface area contributed by atoms with E-state index in [1.807, 2.05) is 11.4 Å². The molecule has 1 amide bonds. The zero-order valence-corrected chi connectivity index (χ0v) is 15.6. The zero-order valence-electron chi connectivity index (χ0n) is 14.8. The van der Waals surface area contributed by atoms with Crippen LogP contribution in [0, 0.1) is 5.82 Å². The average molecular weight is 396 g/mol. The van der Waals surface area contributed by atoms with Crippen molar-refractivity contribution in [3.05, 3.63) is 70.6 Å². The summed E-state index contributed by atoms with van der Waals surface area (Å²) in [6.07, 6.45) is 3.18. The van der Waals surface area contributed by atoms with E-state index in [1.54, 1.807) is 34.3 Å². The minimum atomic E-state index is -0.543. The number of nitrogens with zero attached hydrogens (tertiary/aromatic N) is 4. The van der Waals surface area contributed by atoms with Crippen LogP contribution in [0.1, 0.15) is 15.2 Å². The maximum absolute atomic E-state index is 13.7. The van der Waals surface area contributed by atoms with Crippen LogP contribution < -0.4 is 10.6 Å². The second kappa shape index (κ2) is 8.13. The number of benzene rings is 1. The summed E-state index contributed by atoms with van der Waals surface area (Å²) in [6, 6.07) is 9.94. The molecular weight excluding hydrogens is 379 g/mol. The van der Waals surface area contributed by atoms with Gasteiger partial charge in [0, 0.05) is 11.4 Å². The molecule has 3 aromatic heterocycles. The number of fused-ring (bicyclic) bond motifs is 1. The number of carbonyl (C=O) groups is 1. The van der Waals surface area contributed by atoms with Crippen LogP contribution >= 0.6 is 11.3 Å². The third kappa shape index (κ3) is 3.84. The minimum Gasteiger partial charge on any atom is -0.364 e. The fourth-order valence-electron chi connectivity index (χ4n) is 2.80. The first kappa shape index (κ1) is 18.1. The molecule has 0 aliphatic carbocycles. The summed E-state index contributed by atoms with van der Waals surface area (Å²) in [5.74, 6) is -0.290. The SMILES string of the molecule is O=C(NCCn1ncc2c(NCc3cccs3)ncnc21)c1ccccc1F. The van der Waals surface area contributed by atoms with Gasteiger partial charge in [-0.1, -0.05) is 18.2 Å². The lowest BCUT2D eigenvalue weighted by molar-refractivity contribution is 0.0948. The fraction of sp³-hybridized carbons (Fsp3) is 0.158. The fourth-order valence-corrected chi connectivity index (χ4v) is 3.44. The van der Waals surface area contributed by atoms with Gasteiger partial charge in [-0.15, -0.1) is 11.3 Å². The Balaban J connectivity index is 1.41. The topological polar surface area (TPSA) is 84.7 Å². The predicted molar refractivity (Wildman–Crippen MR) is 106 cm³/mol. The van der Waals surface area contributed by atoms with Crippen molar-refractivity contribution in [3.63, 3.8) is 0 Å². The van der Waals surface area contributed by atoms with Gasteiger partial charge in [-0.2, -0.15) is 5.10 Å². The van der Waals surface area contributed by atoms with E-state index >= 15 is 0 Å². The quantitative estimate of drug-likeness (QED) is 0.502. The zero-order chi connectivity index (χ0) is 19.3. The lowest BCUT2D eigenvalue weighted by Gasteiger charge is -2.08. The average Bonchev–Trinajstić information content (AvgIpc) is 3.37. The number of aromatic nitrogens is 4. The number of hydrogen-bond donors (Lipinski definition) is 2. The Bertz CT molecular complexity index is 1090. The van der Waals surface area contributed by atoms with Gasteiger partial charge < -0.3 is 10.6 Å². The van der Waals surface area contributed by atoms with Gasteiger partial charge in [-0.3, -0.25) is 4.79 Å². The van der Waals surface area contributed by atoms with Crippen LogP contribution in [-0.2, 0) is 13.1 Å². The van der Waals surface area contributed by atoms with Gasteiger partial charge in [0.25, 0.3) is 5.91 Å². The van der Waals surface area contributed by atoms with Gasteiger partial charge in [0.2, 0.25) is 0 Å². The van der Waals surface area contributed by atoms with Gasteiger partial charge in [-0.25, -0.2) is 19.0 Å². The molecule has 4 rings (SSSR count). The summed E-state index contributed by atoms with van der Waals surface area (Å²) in [5, 5.41) is 13.2. The Labute approximate surface area is 164 Å².